The van der Waals surface area contributed by atoms with Crippen LogP contribution in [-0.4, -0.2) is 11.5 Å². The molecule has 1 heterocycles. The third-order valence-electron chi connectivity index (χ3n) is 2.25. The third kappa shape index (κ3) is 3.24. The van der Waals surface area contributed by atoms with Gasteiger partial charge in [0, 0.05) is 5.38 Å². The van der Waals surface area contributed by atoms with Gasteiger partial charge in [0.05, 0.1) is 17.2 Å². The summed E-state index contributed by atoms with van der Waals surface area (Å²) < 4.78 is 0. The lowest BCUT2D eigenvalue weighted by Gasteiger charge is -2.16. The van der Waals surface area contributed by atoms with Crippen LogP contribution in [-0.2, 0) is 0 Å². The first-order valence-corrected chi connectivity index (χ1v) is 6.00. The Morgan fingerprint density at radius 2 is 2.43 bits per heavy atom. The van der Waals surface area contributed by atoms with E-state index in [0.717, 1.165) is 25.1 Å². The molecule has 0 fully saturated rings. The lowest BCUT2D eigenvalue weighted by atomic mass is 10.0. The fraction of sp³-hybridized carbons (Fsp3) is 0.545. The smallest absolute Gasteiger partial charge is 0.0795 e. The first kappa shape index (κ1) is 11.4. The van der Waals surface area contributed by atoms with Crippen LogP contribution in [0, 0.1) is 0 Å². The molecule has 1 atom stereocenters. The number of nitrogens with zero attached hydrogens (tertiary/aromatic N) is 1. The fourth-order valence-electron chi connectivity index (χ4n) is 1.35. The fourth-order valence-corrected chi connectivity index (χ4v) is 1.96. The Labute approximate surface area is 90.1 Å². The van der Waals surface area contributed by atoms with Gasteiger partial charge in [-0.05, 0) is 19.4 Å². The maximum absolute atomic E-state index is 4.34. The van der Waals surface area contributed by atoms with Gasteiger partial charge in [-0.15, -0.1) is 11.3 Å². The molecule has 78 valence electrons. The molecule has 1 aromatic rings. The summed E-state index contributed by atoms with van der Waals surface area (Å²) in [7, 11) is 0. The third-order valence-corrected chi connectivity index (χ3v) is 2.86. The predicted molar refractivity (Wildman–Crippen MR) is 62.6 cm³/mol. The molecule has 0 amide bonds. The van der Waals surface area contributed by atoms with Crippen molar-refractivity contribution in [2.75, 3.05) is 6.54 Å². The summed E-state index contributed by atoms with van der Waals surface area (Å²) in [6.45, 7) is 9.28. The Kier molecular flexibility index (Phi) is 4.84. The quantitative estimate of drug-likeness (QED) is 0.730. The Morgan fingerprint density at radius 3 is 2.93 bits per heavy atom. The molecule has 1 rings (SSSR count). The van der Waals surface area contributed by atoms with E-state index in [9.17, 15) is 0 Å². The van der Waals surface area contributed by atoms with Crippen LogP contribution in [0.25, 0.3) is 0 Å². The average Bonchev–Trinajstić information content (AvgIpc) is 2.69. The van der Waals surface area contributed by atoms with E-state index >= 15 is 0 Å². The van der Waals surface area contributed by atoms with E-state index in [2.05, 4.69) is 36.1 Å². The molecule has 0 aliphatic carbocycles. The van der Waals surface area contributed by atoms with Crippen molar-refractivity contribution < 1.29 is 0 Å². The minimum atomic E-state index is 0.346. The summed E-state index contributed by atoms with van der Waals surface area (Å²) >= 11 is 1.65. The van der Waals surface area contributed by atoms with E-state index < -0.39 is 0 Å². The van der Waals surface area contributed by atoms with E-state index in [0.29, 0.717) is 6.04 Å². The zero-order valence-corrected chi connectivity index (χ0v) is 9.73. The van der Waals surface area contributed by atoms with Crippen molar-refractivity contribution in [3.8, 4) is 0 Å². The number of aromatic nitrogens is 1. The summed E-state index contributed by atoms with van der Waals surface area (Å²) in [5.74, 6) is 0. The lowest BCUT2D eigenvalue weighted by molar-refractivity contribution is 0.533. The Balaban J connectivity index is 2.60. The molecular formula is C11H18N2S. The van der Waals surface area contributed by atoms with Crippen LogP contribution < -0.4 is 5.32 Å². The van der Waals surface area contributed by atoms with Crippen molar-refractivity contribution in [2.24, 2.45) is 0 Å². The molecule has 0 bridgehead atoms. The second-order valence-corrected chi connectivity index (χ2v) is 4.05. The summed E-state index contributed by atoms with van der Waals surface area (Å²) in [4.78, 5) is 4.34. The second kappa shape index (κ2) is 5.94. The molecule has 0 aliphatic rings. The van der Waals surface area contributed by atoms with Gasteiger partial charge in [0.15, 0.2) is 0 Å². The van der Waals surface area contributed by atoms with Crippen molar-refractivity contribution in [1.82, 2.24) is 10.3 Å². The van der Waals surface area contributed by atoms with Gasteiger partial charge in [-0.1, -0.05) is 26.0 Å². The van der Waals surface area contributed by atoms with Crippen molar-refractivity contribution in [1.29, 1.82) is 0 Å². The number of thiazole rings is 1. The molecule has 0 aliphatic heterocycles. The van der Waals surface area contributed by atoms with Gasteiger partial charge < -0.3 is 5.32 Å². The molecule has 2 nitrogen and oxygen atoms in total. The first-order valence-electron chi connectivity index (χ1n) is 5.06. The van der Waals surface area contributed by atoms with Gasteiger partial charge in [0.2, 0.25) is 0 Å². The van der Waals surface area contributed by atoms with Crippen molar-refractivity contribution >= 4 is 11.3 Å². The molecule has 0 spiro atoms. The minimum Gasteiger partial charge on any atom is -0.309 e. The van der Waals surface area contributed by atoms with Crippen molar-refractivity contribution in [3.05, 3.63) is 28.7 Å². The molecule has 1 unspecified atom stereocenters. The SMILES string of the molecule is C=C(CC)CC(NCC)c1cscn1. The van der Waals surface area contributed by atoms with Gasteiger partial charge in [0.1, 0.15) is 0 Å². The predicted octanol–water partition coefficient (Wildman–Crippen LogP) is 3.15. The molecule has 0 radical (unpaired) electrons. The maximum Gasteiger partial charge on any atom is 0.0795 e. The monoisotopic (exact) mass is 210 g/mol. The molecular weight excluding hydrogens is 192 g/mol. The summed E-state index contributed by atoms with van der Waals surface area (Å²) in [6, 6.07) is 0.346. The highest BCUT2D eigenvalue weighted by molar-refractivity contribution is 7.07. The molecule has 1 N–H and O–H groups in total. The molecule has 3 heteroatoms. The van der Waals surface area contributed by atoms with Crippen LogP contribution in [0.3, 0.4) is 0 Å². The number of rotatable bonds is 6. The van der Waals surface area contributed by atoms with E-state index in [-0.39, 0.29) is 0 Å². The van der Waals surface area contributed by atoms with E-state index in [1.165, 1.54) is 5.57 Å². The van der Waals surface area contributed by atoms with Crippen LogP contribution in [0.1, 0.15) is 38.4 Å². The molecule has 0 saturated heterocycles. The Bertz CT molecular complexity index is 267. The number of nitrogens with one attached hydrogen (secondary N) is 1. The van der Waals surface area contributed by atoms with Crippen LogP contribution in [0.2, 0.25) is 0 Å². The first-order chi connectivity index (χ1) is 6.77. The van der Waals surface area contributed by atoms with Crippen LogP contribution in [0.15, 0.2) is 23.0 Å². The van der Waals surface area contributed by atoms with Gasteiger partial charge >= 0.3 is 0 Å². The minimum absolute atomic E-state index is 0.346. The van der Waals surface area contributed by atoms with Gasteiger partial charge in [-0.25, -0.2) is 4.98 Å². The standard InChI is InChI=1S/C11H18N2S/c1-4-9(3)6-10(12-5-2)11-7-14-8-13-11/h7-8,10,12H,3-6H2,1-2H3. The van der Waals surface area contributed by atoms with Crippen molar-refractivity contribution in [2.45, 2.75) is 32.7 Å². The van der Waals surface area contributed by atoms with E-state index in [1.54, 1.807) is 11.3 Å². The average molecular weight is 210 g/mol. The Morgan fingerprint density at radius 1 is 1.64 bits per heavy atom. The number of hydrogen-bond donors (Lipinski definition) is 1. The molecule has 0 saturated carbocycles. The molecule has 14 heavy (non-hydrogen) atoms. The highest BCUT2D eigenvalue weighted by Gasteiger charge is 2.12. The highest BCUT2D eigenvalue weighted by Crippen LogP contribution is 2.21. The highest BCUT2D eigenvalue weighted by atomic mass is 32.1. The van der Waals surface area contributed by atoms with Crippen LogP contribution >= 0.6 is 11.3 Å². The van der Waals surface area contributed by atoms with Crippen LogP contribution in [0.5, 0.6) is 0 Å². The summed E-state index contributed by atoms with van der Waals surface area (Å²) in [5, 5.41) is 5.54. The maximum atomic E-state index is 4.34. The van der Waals surface area contributed by atoms with Crippen molar-refractivity contribution in [3.63, 3.8) is 0 Å². The van der Waals surface area contributed by atoms with Gasteiger partial charge in [0.25, 0.3) is 0 Å². The Hall–Kier alpha value is -0.670. The number of hydrogen-bond acceptors (Lipinski definition) is 3. The molecule has 0 aromatic carbocycles. The largest absolute Gasteiger partial charge is 0.309 e. The summed E-state index contributed by atoms with van der Waals surface area (Å²) in [5.41, 5.74) is 4.31. The zero-order valence-electron chi connectivity index (χ0n) is 8.92. The van der Waals surface area contributed by atoms with Gasteiger partial charge in [-0.3, -0.25) is 0 Å². The van der Waals surface area contributed by atoms with Gasteiger partial charge in [-0.2, -0.15) is 0 Å². The normalized spacial score (nSPS) is 12.7. The van der Waals surface area contributed by atoms with E-state index in [1.807, 2.05) is 5.51 Å². The summed E-state index contributed by atoms with van der Waals surface area (Å²) in [6.07, 6.45) is 2.04. The zero-order chi connectivity index (χ0) is 10.4. The van der Waals surface area contributed by atoms with E-state index in [4.69, 9.17) is 0 Å². The lowest BCUT2D eigenvalue weighted by Crippen LogP contribution is -2.21. The topological polar surface area (TPSA) is 24.9 Å². The van der Waals surface area contributed by atoms with Crippen LogP contribution in [0.4, 0.5) is 0 Å². The molecule has 1 aromatic heterocycles. The second-order valence-electron chi connectivity index (χ2n) is 3.33.